The molecule has 0 unspecified atom stereocenters. The number of ether oxygens (including phenoxy) is 1. The highest BCUT2D eigenvalue weighted by molar-refractivity contribution is 6.36. The molecule has 2 aromatic rings. The quantitative estimate of drug-likeness (QED) is 0.624. The van der Waals surface area contributed by atoms with Crippen molar-refractivity contribution in [2.45, 2.75) is 20.3 Å². The highest BCUT2D eigenvalue weighted by Gasteiger charge is 2.38. The number of hydrogen-bond donors (Lipinski definition) is 1. The van der Waals surface area contributed by atoms with E-state index in [-0.39, 0.29) is 11.8 Å². The number of rotatable bonds is 8. The van der Waals surface area contributed by atoms with Gasteiger partial charge in [-0.1, -0.05) is 26.0 Å². The van der Waals surface area contributed by atoms with Crippen LogP contribution in [0.3, 0.4) is 0 Å². The molecule has 2 aliphatic heterocycles. The van der Waals surface area contributed by atoms with E-state index in [1.165, 1.54) is 10.6 Å². The lowest BCUT2D eigenvalue weighted by Crippen LogP contribution is -2.46. The predicted molar refractivity (Wildman–Crippen MR) is 131 cm³/mol. The van der Waals surface area contributed by atoms with Gasteiger partial charge < -0.3 is 19.9 Å². The van der Waals surface area contributed by atoms with E-state index < -0.39 is 0 Å². The molecule has 0 bridgehead atoms. The topological polar surface area (TPSA) is 65.1 Å². The second kappa shape index (κ2) is 10.1. The molecule has 0 atom stereocenters. The number of benzene rings is 2. The van der Waals surface area contributed by atoms with Gasteiger partial charge in [0.2, 0.25) is 0 Å². The minimum absolute atomic E-state index is 0.264. The van der Waals surface area contributed by atoms with Crippen LogP contribution >= 0.6 is 0 Å². The molecule has 0 spiro atoms. The lowest BCUT2D eigenvalue weighted by molar-refractivity contribution is -0.136. The lowest BCUT2D eigenvalue weighted by Gasteiger charge is -2.35. The summed E-state index contributed by atoms with van der Waals surface area (Å²) in [5, 5.41) is 3.24. The number of nitrogens with zero attached hydrogens (tertiary/aromatic N) is 3. The smallest absolute Gasteiger partial charge is 0.278 e. The minimum atomic E-state index is -0.285. The second-order valence-electron chi connectivity index (χ2n) is 8.33. The fourth-order valence-electron chi connectivity index (χ4n) is 4.37. The molecule has 2 aromatic carbocycles. The van der Waals surface area contributed by atoms with Crippen molar-refractivity contribution >= 4 is 28.8 Å². The maximum absolute atomic E-state index is 13.1. The van der Waals surface area contributed by atoms with Crippen LogP contribution in [0.1, 0.15) is 25.8 Å². The van der Waals surface area contributed by atoms with E-state index in [0.717, 1.165) is 38.4 Å². The fourth-order valence-corrected chi connectivity index (χ4v) is 4.37. The van der Waals surface area contributed by atoms with Crippen molar-refractivity contribution < 1.29 is 14.3 Å². The van der Waals surface area contributed by atoms with Gasteiger partial charge in [-0.2, -0.15) is 0 Å². The number of amides is 2. The summed E-state index contributed by atoms with van der Waals surface area (Å²) in [7, 11) is 1.60. The number of nitrogens with one attached hydrogen (secondary N) is 1. The molecule has 2 aliphatic rings. The van der Waals surface area contributed by atoms with Crippen LogP contribution < -0.4 is 15.0 Å². The summed E-state index contributed by atoms with van der Waals surface area (Å²) in [4.78, 5) is 32.4. The average Bonchev–Trinajstić information content (AvgIpc) is 3.09. The Hall–Kier alpha value is -3.32. The van der Waals surface area contributed by atoms with Crippen LogP contribution in [-0.2, 0) is 9.59 Å². The zero-order valence-corrected chi connectivity index (χ0v) is 19.6. The van der Waals surface area contributed by atoms with E-state index in [9.17, 15) is 9.59 Å². The van der Waals surface area contributed by atoms with Crippen molar-refractivity contribution in [2.24, 2.45) is 0 Å². The van der Waals surface area contributed by atoms with Gasteiger partial charge >= 0.3 is 0 Å². The van der Waals surface area contributed by atoms with Crippen LogP contribution in [0, 0.1) is 0 Å². The van der Waals surface area contributed by atoms with E-state index in [1.807, 2.05) is 31.2 Å². The summed E-state index contributed by atoms with van der Waals surface area (Å²) < 4.78 is 5.23. The molecule has 174 valence electrons. The monoisotopic (exact) mass is 448 g/mol. The third-order valence-electron chi connectivity index (χ3n) is 6.32. The molecule has 7 heteroatoms. The van der Waals surface area contributed by atoms with Crippen LogP contribution in [-0.4, -0.2) is 68.0 Å². The van der Waals surface area contributed by atoms with Gasteiger partial charge in [-0.05, 0) is 54.9 Å². The lowest BCUT2D eigenvalue weighted by atomic mass is 10.0. The Morgan fingerprint density at radius 2 is 1.55 bits per heavy atom. The molecule has 33 heavy (non-hydrogen) atoms. The van der Waals surface area contributed by atoms with E-state index in [4.69, 9.17) is 4.74 Å². The van der Waals surface area contributed by atoms with Gasteiger partial charge in [-0.25, -0.2) is 0 Å². The zero-order chi connectivity index (χ0) is 23.4. The van der Waals surface area contributed by atoms with Crippen LogP contribution in [0.25, 0.3) is 5.57 Å². The molecule has 1 N–H and O–H groups in total. The van der Waals surface area contributed by atoms with Crippen molar-refractivity contribution in [2.75, 3.05) is 56.6 Å². The molecule has 0 aromatic heterocycles. The van der Waals surface area contributed by atoms with Crippen molar-refractivity contribution in [3.63, 3.8) is 0 Å². The minimum Gasteiger partial charge on any atom is -0.497 e. The molecule has 0 radical (unpaired) electrons. The van der Waals surface area contributed by atoms with Gasteiger partial charge in [0.15, 0.2) is 0 Å². The number of methoxy groups -OCH3 is 1. The summed E-state index contributed by atoms with van der Waals surface area (Å²) in [6.07, 6.45) is 0.709. The number of likely N-dealkylation sites (N-methyl/N-ethyl adjacent to an activating group) is 1. The maximum atomic E-state index is 13.1. The number of hydrogen-bond acceptors (Lipinski definition) is 6. The second-order valence-corrected chi connectivity index (χ2v) is 8.33. The van der Waals surface area contributed by atoms with Crippen LogP contribution in [0.2, 0.25) is 0 Å². The molecule has 7 nitrogen and oxygen atoms in total. The Morgan fingerprint density at radius 1 is 0.879 bits per heavy atom. The first-order valence-electron chi connectivity index (χ1n) is 11.6. The number of imide groups is 1. The van der Waals surface area contributed by atoms with Gasteiger partial charge in [0.1, 0.15) is 11.4 Å². The Bertz CT molecular complexity index is 1020. The largest absolute Gasteiger partial charge is 0.497 e. The molecular weight excluding hydrogens is 416 g/mol. The number of carbonyl (C=O) groups is 2. The Kier molecular flexibility index (Phi) is 6.99. The van der Waals surface area contributed by atoms with Gasteiger partial charge in [0, 0.05) is 44.1 Å². The zero-order valence-electron chi connectivity index (χ0n) is 19.6. The molecule has 4 rings (SSSR count). The van der Waals surface area contributed by atoms with Crippen LogP contribution in [0.15, 0.2) is 54.2 Å². The van der Waals surface area contributed by atoms with E-state index in [0.29, 0.717) is 35.5 Å². The van der Waals surface area contributed by atoms with Gasteiger partial charge in [0.25, 0.3) is 11.8 Å². The van der Waals surface area contributed by atoms with Crippen LogP contribution in [0.4, 0.5) is 11.4 Å². The van der Waals surface area contributed by atoms with Crippen molar-refractivity contribution in [1.29, 1.82) is 0 Å². The molecule has 2 heterocycles. The maximum Gasteiger partial charge on any atom is 0.278 e. The van der Waals surface area contributed by atoms with Gasteiger partial charge in [-0.15, -0.1) is 0 Å². The summed E-state index contributed by atoms with van der Waals surface area (Å²) in [5.74, 6) is 0.152. The molecule has 1 fully saturated rings. The number of anilines is 2. The van der Waals surface area contributed by atoms with Gasteiger partial charge in [0.05, 0.1) is 12.7 Å². The molecule has 2 amide bonds. The van der Waals surface area contributed by atoms with Crippen molar-refractivity contribution in [3.8, 4) is 5.75 Å². The summed E-state index contributed by atoms with van der Waals surface area (Å²) in [5.41, 5.74) is 3.37. The summed E-state index contributed by atoms with van der Waals surface area (Å²) in [6.45, 7) is 9.78. The normalized spacial score (nSPS) is 17.2. The van der Waals surface area contributed by atoms with E-state index >= 15 is 0 Å². The first kappa shape index (κ1) is 22.9. The molecule has 0 aliphatic carbocycles. The van der Waals surface area contributed by atoms with Crippen LogP contribution in [0.5, 0.6) is 5.75 Å². The Labute approximate surface area is 195 Å². The third kappa shape index (κ3) is 4.73. The van der Waals surface area contributed by atoms with E-state index in [1.54, 1.807) is 19.2 Å². The van der Waals surface area contributed by atoms with E-state index in [2.05, 4.69) is 34.2 Å². The van der Waals surface area contributed by atoms with Gasteiger partial charge in [-0.3, -0.25) is 14.5 Å². The standard InChI is InChI=1S/C26H32N4O3/c1-4-14-30-25(31)23(19-6-12-22(33-3)13-7-19)24(26(30)32)27-20-8-10-21(11-9-20)29-17-15-28(5-2)16-18-29/h6-13,27H,4-5,14-18H2,1-3H3. The first-order valence-corrected chi connectivity index (χ1v) is 11.6. The average molecular weight is 449 g/mol. The molecule has 0 saturated carbocycles. The summed E-state index contributed by atoms with van der Waals surface area (Å²) >= 11 is 0. The number of carbonyl (C=O) groups excluding carboxylic acids is 2. The van der Waals surface area contributed by atoms with Crippen molar-refractivity contribution in [3.05, 3.63) is 59.8 Å². The molecular formula is C26H32N4O3. The fraction of sp³-hybridized carbons (Fsp3) is 0.385. The first-order chi connectivity index (χ1) is 16.0. The highest BCUT2D eigenvalue weighted by atomic mass is 16.5. The molecule has 1 saturated heterocycles. The Balaban J connectivity index is 1.58. The third-order valence-corrected chi connectivity index (χ3v) is 6.32. The number of piperazine rings is 1. The SMILES string of the molecule is CCCN1C(=O)C(Nc2ccc(N3CCN(CC)CC3)cc2)=C(c2ccc(OC)cc2)C1=O. The predicted octanol–water partition coefficient (Wildman–Crippen LogP) is 3.44. The Morgan fingerprint density at radius 3 is 2.12 bits per heavy atom. The van der Waals surface area contributed by atoms with Crippen molar-refractivity contribution in [1.82, 2.24) is 9.80 Å². The summed E-state index contributed by atoms with van der Waals surface area (Å²) in [6, 6.07) is 15.3. The highest BCUT2D eigenvalue weighted by Crippen LogP contribution is 2.32.